The van der Waals surface area contributed by atoms with Crippen molar-refractivity contribution < 1.29 is 24.2 Å². The largest absolute Gasteiger partial charge is 0.489 e. The van der Waals surface area contributed by atoms with Gasteiger partial charge in [0.25, 0.3) is 0 Å². The summed E-state index contributed by atoms with van der Waals surface area (Å²) in [6.45, 7) is 6.27. The molecule has 1 aliphatic carbocycles. The van der Waals surface area contributed by atoms with Gasteiger partial charge in [0.05, 0.1) is 30.0 Å². The second kappa shape index (κ2) is 10.4. The molecule has 10 nitrogen and oxygen atoms in total. The third-order valence-electron chi connectivity index (χ3n) is 5.52. The van der Waals surface area contributed by atoms with Gasteiger partial charge in [-0.15, -0.1) is 5.10 Å². The van der Waals surface area contributed by atoms with Crippen molar-refractivity contribution in [3.05, 3.63) is 17.8 Å². The van der Waals surface area contributed by atoms with E-state index in [9.17, 15) is 14.7 Å². The Bertz CT molecular complexity index is 958. The number of hydrogen-bond donors (Lipinski definition) is 2. The Balaban J connectivity index is 1.70. The zero-order valence-corrected chi connectivity index (χ0v) is 19.0. The Kier molecular flexibility index (Phi) is 7.66. The number of carbonyl (C=O) groups excluding carboxylic acids is 1. The molecule has 2 N–H and O–H groups in total. The van der Waals surface area contributed by atoms with Gasteiger partial charge in [-0.05, 0) is 57.1 Å². The van der Waals surface area contributed by atoms with Gasteiger partial charge in [0.1, 0.15) is 5.75 Å². The van der Waals surface area contributed by atoms with Crippen LogP contribution >= 0.6 is 0 Å². The summed E-state index contributed by atoms with van der Waals surface area (Å²) in [5.74, 6) is 0.296. The lowest BCUT2D eigenvalue weighted by atomic mass is 9.87. The van der Waals surface area contributed by atoms with Gasteiger partial charge < -0.3 is 14.6 Å². The van der Waals surface area contributed by atoms with Crippen LogP contribution in [0, 0.1) is 18.8 Å². The van der Waals surface area contributed by atoms with E-state index in [0.29, 0.717) is 54.0 Å². The van der Waals surface area contributed by atoms with Gasteiger partial charge in [0.2, 0.25) is 0 Å². The van der Waals surface area contributed by atoms with E-state index in [-0.39, 0.29) is 12.0 Å². The summed E-state index contributed by atoms with van der Waals surface area (Å²) >= 11 is 0. The van der Waals surface area contributed by atoms with E-state index in [1.807, 2.05) is 6.92 Å². The molecule has 1 amide bonds. The Morgan fingerprint density at radius 3 is 2.78 bits per heavy atom. The standard InChI is InChI=1S/C22H31N5O5/c1-13(2)10-11-31-22(30)24-20-19(25-26-27(20)4)17-8-9-18(14(3)23-17)32-16-7-5-6-15(12-16)21(28)29/h8-9,13,15-16H,5-7,10-12H2,1-4H3,(H,24,30)(H,28,29)/t15-,16-/m0/s1. The summed E-state index contributed by atoms with van der Waals surface area (Å²) in [5, 5.41) is 20.1. The minimum Gasteiger partial charge on any atom is -0.489 e. The third-order valence-corrected chi connectivity index (χ3v) is 5.52. The number of nitrogens with one attached hydrogen (secondary N) is 1. The van der Waals surface area contributed by atoms with Crippen LogP contribution in [0.4, 0.5) is 10.6 Å². The van der Waals surface area contributed by atoms with Gasteiger partial charge in [-0.1, -0.05) is 19.1 Å². The maximum Gasteiger partial charge on any atom is 0.412 e. The zero-order chi connectivity index (χ0) is 23.3. The number of pyridine rings is 1. The highest BCUT2D eigenvalue weighted by molar-refractivity contribution is 5.88. The SMILES string of the molecule is Cc1nc(-c2nnn(C)c2NC(=O)OCCC(C)C)ccc1O[C@H]1CCC[C@H](C(=O)O)C1. The molecule has 2 aromatic rings. The van der Waals surface area contributed by atoms with Crippen molar-refractivity contribution in [1.29, 1.82) is 0 Å². The fraction of sp³-hybridized carbons (Fsp3) is 0.591. The first kappa shape index (κ1) is 23.5. The molecule has 1 aliphatic rings. The fourth-order valence-corrected chi connectivity index (χ4v) is 3.65. The predicted molar refractivity (Wildman–Crippen MR) is 117 cm³/mol. The van der Waals surface area contributed by atoms with Gasteiger partial charge in [0, 0.05) is 7.05 Å². The molecule has 0 unspecified atom stereocenters. The van der Waals surface area contributed by atoms with E-state index in [4.69, 9.17) is 9.47 Å². The fourth-order valence-electron chi connectivity index (χ4n) is 3.65. The molecule has 2 aromatic heterocycles. The summed E-state index contributed by atoms with van der Waals surface area (Å²) in [7, 11) is 1.67. The number of anilines is 1. The highest BCUT2D eigenvalue weighted by Crippen LogP contribution is 2.31. The van der Waals surface area contributed by atoms with E-state index >= 15 is 0 Å². The monoisotopic (exact) mass is 445 g/mol. The van der Waals surface area contributed by atoms with Crippen LogP contribution in [-0.4, -0.2) is 49.9 Å². The molecule has 174 valence electrons. The first-order valence-electron chi connectivity index (χ1n) is 11.0. The first-order chi connectivity index (χ1) is 15.2. The van der Waals surface area contributed by atoms with E-state index < -0.39 is 12.1 Å². The third kappa shape index (κ3) is 5.95. The number of carbonyl (C=O) groups is 2. The lowest BCUT2D eigenvalue weighted by Gasteiger charge is -2.27. The van der Waals surface area contributed by atoms with Gasteiger partial charge >= 0.3 is 12.1 Å². The molecule has 1 fully saturated rings. The van der Waals surface area contributed by atoms with E-state index in [1.165, 1.54) is 4.68 Å². The number of aliphatic carboxylic acids is 1. The van der Waals surface area contributed by atoms with E-state index in [1.54, 1.807) is 19.2 Å². The Morgan fingerprint density at radius 1 is 1.31 bits per heavy atom. The van der Waals surface area contributed by atoms with Crippen molar-refractivity contribution in [2.75, 3.05) is 11.9 Å². The average Bonchev–Trinajstić information content (AvgIpc) is 3.09. The molecule has 0 saturated heterocycles. The summed E-state index contributed by atoms with van der Waals surface area (Å²) < 4.78 is 12.7. The topological polar surface area (TPSA) is 128 Å². The van der Waals surface area contributed by atoms with Crippen LogP contribution < -0.4 is 10.1 Å². The minimum atomic E-state index is -0.770. The Labute approximate surface area is 187 Å². The van der Waals surface area contributed by atoms with Gasteiger partial charge in [-0.2, -0.15) is 0 Å². The second-order valence-corrected chi connectivity index (χ2v) is 8.58. The van der Waals surface area contributed by atoms with Crippen LogP contribution in [0.1, 0.15) is 51.6 Å². The van der Waals surface area contributed by atoms with Gasteiger partial charge in [-0.25, -0.2) is 14.5 Å². The van der Waals surface area contributed by atoms with Crippen LogP contribution in [0.2, 0.25) is 0 Å². The summed E-state index contributed by atoms with van der Waals surface area (Å²) in [6, 6.07) is 3.54. The highest BCUT2D eigenvalue weighted by Gasteiger charge is 2.28. The molecular weight excluding hydrogens is 414 g/mol. The molecule has 2 heterocycles. The predicted octanol–water partition coefficient (Wildman–Crippen LogP) is 3.80. The molecule has 32 heavy (non-hydrogen) atoms. The molecule has 2 atom stereocenters. The highest BCUT2D eigenvalue weighted by atomic mass is 16.5. The van der Waals surface area contributed by atoms with E-state index in [2.05, 4.69) is 34.5 Å². The first-order valence-corrected chi connectivity index (χ1v) is 11.0. The smallest absolute Gasteiger partial charge is 0.412 e. The maximum atomic E-state index is 12.2. The van der Waals surface area contributed by atoms with Crippen LogP contribution in [0.3, 0.4) is 0 Å². The average molecular weight is 446 g/mol. The number of carboxylic acids is 1. The van der Waals surface area contributed by atoms with Crippen molar-refractivity contribution in [3.63, 3.8) is 0 Å². The Morgan fingerprint density at radius 2 is 2.09 bits per heavy atom. The molecule has 0 aliphatic heterocycles. The Hall–Kier alpha value is -3.17. The summed E-state index contributed by atoms with van der Waals surface area (Å²) in [6.07, 6.45) is 2.89. The van der Waals surface area contributed by atoms with Crippen molar-refractivity contribution in [2.45, 2.75) is 59.0 Å². The lowest BCUT2D eigenvalue weighted by molar-refractivity contribution is -0.143. The number of ether oxygens (including phenoxy) is 2. The van der Waals surface area contributed by atoms with Crippen molar-refractivity contribution >= 4 is 17.9 Å². The molecule has 3 rings (SSSR count). The van der Waals surface area contributed by atoms with E-state index in [0.717, 1.165) is 19.3 Å². The molecule has 0 bridgehead atoms. The number of aryl methyl sites for hydroxylation is 2. The van der Waals surface area contributed by atoms with Crippen LogP contribution in [0.15, 0.2) is 12.1 Å². The van der Waals surface area contributed by atoms with Gasteiger partial charge in [-0.3, -0.25) is 10.1 Å². The lowest BCUT2D eigenvalue weighted by Crippen LogP contribution is -2.29. The summed E-state index contributed by atoms with van der Waals surface area (Å²) in [4.78, 5) is 28.0. The molecule has 10 heteroatoms. The minimum absolute atomic E-state index is 0.148. The number of carboxylic acid groups (broad SMARTS) is 1. The van der Waals surface area contributed by atoms with Crippen molar-refractivity contribution in [1.82, 2.24) is 20.0 Å². The number of hydrogen-bond acceptors (Lipinski definition) is 7. The van der Waals surface area contributed by atoms with Crippen molar-refractivity contribution in [3.8, 4) is 17.1 Å². The number of amides is 1. The van der Waals surface area contributed by atoms with Crippen LogP contribution in [-0.2, 0) is 16.6 Å². The molecule has 0 aromatic carbocycles. The maximum absolute atomic E-state index is 12.2. The number of rotatable bonds is 8. The van der Waals surface area contributed by atoms with Crippen LogP contribution in [0.25, 0.3) is 11.4 Å². The number of aromatic nitrogens is 4. The molecular formula is C22H31N5O5. The number of nitrogens with zero attached hydrogens (tertiary/aromatic N) is 4. The van der Waals surface area contributed by atoms with Crippen LogP contribution in [0.5, 0.6) is 5.75 Å². The van der Waals surface area contributed by atoms with Crippen molar-refractivity contribution in [2.24, 2.45) is 18.9 Å². The summed E-state index contributed by atoms with van der Waals surface area (Å²) in [5.41, 5.74) is 1.61. The van der Waals surface area contributed by atoms with Gasteiger partial charge in [0.15, 0.2) is 11.5 Å². The second-order valence-electron chi connectivity index (χ2n) is 8.58. The zero-order valence-electron chi connectivity index (χ0n) is 19.0. The quantitative estimate of drug-likeness (QED) is 0.628. The molecule has 1 saturated carbocycles. The molecule has 0 spiro atoms. The molecule has 0 radical (unpaired) electrons. The normalized spacial score (nSPS) is 18.4.